The Labute approximate surface area is 340 Å². The second-order valence-electron chi connectivity index (χ2n) is 13.7. The van der Waals surface area contributed by atoms with Crippen LogP contribution in [0.25, 0.3) is 0 Å². The van der Waals surface area contributed by atoms with Crippen LogP contribution in [0.5, 0.6) is 0 Å². The van der Waals surface area contributed by atoms with Gasteiger partial charge in [-0.2, -0.15) is 0 Å². The predicted octanol–water partition coefficient (Wildman–Crippen LogP) is 3.70. The third kappa shape index (κ3) is 9.15. The normalized spacial score (nSPS) is 11.6. The molecular weight excluding hydrogens is 736 g/mol. The van der Waals surface area contributed by atoms with E-state index in [0.29, 0.717) is 28.6 Å². The average Bonchev–Trinajstić information content (AvgIpc) is 3.05. The summed E-state index contributed by atoms with van der Waals surface area (Å²) in [6.07, 6.45) is 0. The summed E-state index contributed by atoms with van der Waals surface area (Å²) in [6, 6.07) is 21.3. The molecule has 5 aromatic carbocycles. The maximum absolute atomic E-state index is 12.7. The maximum Gasteiger partial charge on any atom is 1.00 e. The monoisotopic (exact) mass is 779 g/mol. The van der Waals surface area contributed by atoms with Crippen molar-refractivity contribution < 1.29 is 55.5 Å². The number of nitrogens with two attached hydrogens (primary N) is 2. The van der Waals surface area contributed by atoms with Crippen LogP contribution >= 0.6 is 0 Å². The summed E-state index contributed by atoms with van der Waals surface area (Å²) in [6.45, 7) is 7.98. The maximum atomic E-state index is 12.7. The molecule has 0 aromatic heterocycles. The van der Waals surface area contributed by atoms with Gasteiger partial charge in [0.1, 0.15) is 20.2 Å². The van der Waals surface area contributed by atoms with Gasteiger partial charge in [0.2, 0.25) is 0 Å². The first-order valence-electron chi connectivity index (χ1n) is 16.6. The molecule has 5 aromatic rings. The SMILES string of the molecule is Cc1cc(N(C)C)cc(C)c1Nc1ccc(C(c2ccc(Nc3c(C)cc(N(C)C)cc3C)cc2N)c2ccc(S(=O)(=O)[O-])cc2S(=O)(=O)[O-])c(N)c1.[Na+]. The van der Waals surface area contributed by atoms with Crippen molar-refractivity contribution in [2.75, 3.05) is 60.1 Å². The number of anilines is 8. The first-order valence-corrected chi connectivity index (χ1v) is 19.4. The van der Waals surface area contributed by atoms with Gasteiger partial charge in [-0.3, -0.25) is 0 Å². The molecule has 280 valence electrons. The average molecular weight is 780 g/mol. The number of benzene rings is 5. The Morgan fingerprint density at radius 2 is 0.926 bits per heavy atom. The quantitative estimate of drug-likeness (QED) is 0.0658. The Kier molecular flexibility index (Phi) is 12.7. The molecule has 54 heavy (non-hydrogen) atoms. The number of aryl methyl sites for hydroxylation is 4. The van der Waals surface area contributed by atoms with E-state index in [9.17, 15) is 25.9 Å². The van der Waals surface area contributed by atoms with Gasteiger partial charge in [0, 0.05) is 79.6 Å². The van der Waals surface area contributed by atoms with Crippen molar-refractivity contribution in [1.82, 2.24) is 0 Å². The zero-order valence-electron chi connectivity index (χ0n) is 31.9. The minimum atomic E-state index is -5.31. The summed E-state index contributed by atoms with van der Waals surface area (Å²) in [5.41, 5.74) is 23.8. The Morgan fingerprint density at radius 3 is 1.24 bits per heavy atom. The minimum absolute atomic E-state index is 0. The van der Waals surface area contributed by atoms with E-state index in [0.717, 1.165) is 57.1 Å². The van der Waals surface area contributed by atoms with Gasteiger partial charge in [-0.25, -0.2) is 16.8 Å². The van der Waals surface area contributed by atoms with Crippen LogP contribution in [-0.4, -0.2) is 54.1 Å². The number of hydrogen-bond acceptors (Lipinski definition) is 12. The molecule has 0 spiro atoms. The summed E-state index contributed by atoms with van der Waals surface area (Å²) in [7, 11) is -2.53. The molecule has 15 heteroatoms. The molecular formula is C39H44N6NaO6S2-. The molecule has 0 fully saturated rings. The van der Waals surface area contributed by atoms with Crippen molar-refractivity contribution in [3.05, 3.63) is 118 Å². The van der Waals surface area contributed by atoms with Crippen LogP contribution in [0, 0.1) is 27.7 Å². The number of nitrogen functional groups attached to an aromatic ring is 2. The van der Waals surface area contributed by atoms with Crippen molar-refractivity contribution >= 4 is 65.7 Å². The van der Waals surface area contributed by atoms with Crippen LogP contribution in [0.3, 0.4) is 0 Å². The molecule has 0 heterocycles. The van der Waals surface area contributed by atoms with Gasteiger partial charge in [-0.1, -0.05) is 18.2 Å². The van der Waals surface area contributed by atoms with Crippen LogP contribution in [0.15, 0.2) is 88.7 Å². The Hall–Kier alpha value is -4.28. The van der Waals surface area contributed by atoms with E-state index in [1.807, 2.05) is 65.7 Å². The third-order valence-corrected chi connectivity index (χ3v) is 11.0. The van der Waals surface area contributed by atoms with E-state index in [1.165, 1.54) is 0 Å². The number of nitrogens with one attached hydrogen (secondary N) is 2. The Morgan fingerprint density at radius 1 is 0.556 bits per heavy atom. The van der Waals surface area contributed by atoms with E-state index in [4.69, 9.17) is 11.5 Å². The largest absolute Gasteiger partial charge is 1.00 e. The van der Waals surface area contributed by atoms with Crippen LogP contribution in [0.4, 0.5) is 45.5 Å². The van der Waals surface area contributed by atoms with E-state index in [-0.39, 0.29) is 46.5 Å². The number of rotatable bonds is 11. The van der Waals surface area contributed by atoms with E-state index in [1.54, 1.807) is 36.4 Å². The summed E-state index contributed by atoms with van der Waals surface area (Å²) in [5, 5.41) is 6.86. The van der Waals surface area contributed by atoms with Gasteiger partial charge in [0.05, 0.1) is 9.79 Å². The second-order valence-corrected chi connectivity index (χ2v) is 16.4. The van der Waals surface area contributed by atoms with Gasteiger partial charge in [-0.05, 0) is 127 Å². The molecule has 0 saturated carbocycles. The molecule has 0 bridgehead atoms. The van der Waals surface area contributed by atoms with E-state index in [2.05, 4.69) is 34.9 Å². The van der Waals surface area contributed by atoms with Crippen molar-refractivity contribution in [2.24, 2.45) is 0 Å². The standard InChI is InChI=1S/C39H46N6O6S2.Na/c1-22-15-28(44(5)6)16-23(2)38(22)42-26-9-12-31(34(40)19-26)37(33-14-11-30(52(46,47)48)21-36(33)53(49,50)51)32-13-10-27(20-35(32)41)43-39-24(3)17-29(45(7)8)18-25(39)4;/h9-21,37,42-43H,40-41H2,1-8H3,(H,46,47,48)(H,49,50,51);/q;+1/p-2. The van der Waals surface area contributed by atoms with Crippen LogP contribution in [0.1, 0.15) is 44.9 Å². The van der Waals surface area contributed by atoms with Crippen molar-refractivity contribution in [3.63, 3.8) is 0 Å². The Balaban J connectivity index is 0.00000650. The van der Waals surface area contributed by atoms with Gasteiger partial charge in [0.25, 0.3) is 0 Å². The van der Waals surface area contributed by atoms with Crippen LogP contribution in [0.2, 0.25) is 0 Å². The van der Waals surface area contributed by atoms with Crippen LogP contribution in [-0.2, 0) is 20.2 Å². The molecule has 6 N–H and O–H groups in total. The fourth-order valence-corrected chi connectivity index (χ4v) is 7.86. The van der Waals surface area contributed by atoms with Crippen molar-refractivity contribution in [2.45, 2.75) is 43.4 Å². The summed E-state index contributed by atoms with van der Waals surface area (Å²) >= 11 is 0. The van der Waals surface area contributed by atoms with Gasteiger partial charge in [0.15, 0.2) is 0 Å². The molecule has 5 rings (SSSR count). The molecule has 0 saturated heterocycles. The molecule has 0 aliphatic rings. The van der Waals surface area contributed by atoms with Gasteiger partial charge >= 0.3 is 29.6 Å². The number of hydrogen-bond donors (Lipinski definition) is 4. The fourth-order valence-electron chi connectivity index (χ4n) is 6.54. The summed E-state index contributed by atoms with van der Waals surface area (Å²) < 4.78 is 73.8. The smallest absolute Gasteiger partial charge is 0.744 e. The molecule has 0 aliphatic carbocycles. The van der Waals surface area contributed by atoms with Gasteiger partial charge < -0.3 is 41.0 Å². The van der Waals surface area contributed by atoms with Crippen molar-refractivity contribution in [1.29, 1.82) is 0 Å². The molecule has 0 unspecified atom stereocenters. The minimum Gasteiger partial charge on any atom is -0.744 e. The zero-order valence-corrected chi connectivity index (χ0v) is 35.5. The van der Waals surface area contributed by atoms with E-state index < -0.39 is 35.9 Å². The van der Waals surface area contributed by atoms with Crippen molar-refractivity contribution in [3.8, 4) is 0 Å². The molecule has 12 nitrogen and oxygen atoms in total. The zero-order chi connectivity index (χ0) is 39.2. The summed E-state index contributed by atoms with van der Waals surface area (Å²) in [5.74, 6) is -1.06. The third-order valence-electron chi connectivity index (χ3n) is 9.26. The topological polar surface area (TPSA) is 197 Å². The second kappa shape index (κ2) is 16.2. The van der Waals surface area contributed by atoms with E-state index >= 15 is 0 Å². The number of nitrogens with zero attached hydrogens (tertiary/aromatic N) is 2. The molecule has 0 amide bonds. The first-order chi connectivity index (χ1) is 24.6. The molecule has 0 aliphatic heterocycles. The van der Waals surface area contributed by atoms with Crippen LogP contribution < -0.4 is 61.5 Å². The first kappa shape index (κ1) is 42.5. The molecule has 0 atom stereocenters. The van der Waals surface area contributed by atoms with Gasteiger partial charge in [-0.15, -0.1) is 0 Å². The predicted molar refractivity (Wildman–Crippen MR) is 212 cm³/mol. The Bertz CT molecular complexity index is 2290. The molecule has 0 radical (unpaired) electrons. The fraction of sp³-hybridized carbons (Fsp3) is 0.231. The summed E-state index contributed by atoms with van der Waals surface area (Å²) in [4.78, 5) is 2.31.